The Morgan fingerprint density at radius 2 is 1.76 bits per heavy atom. The Morgan fingerprint density at radius 3 is 2.38 bits per heavy atom. The van der Waals surface area contributed by atoms with E-state index in [9.17, 15) is 14.7 Å². The van der Waals surface area contributed by atoms with E-state index in [1.165, 1.54) is 20.0 Å². The standard InChI is InChI=1S/C20H24N6O3/c1-13(27)24-18(20(29)21-2)11-15-6-9-19(28)17(10-15)26-25-16-7-4-14(5-8-16)12-23-22-3/h4-10,18,28H,11-12H2,1-3H3,(H,21,29)(H,24,27). The number of aromatic hydroxyl groups is 1. The molecule has 0 aliphatic rings. The molecule has 2 aromatic rings. The molecule has 0 fully saturated rings. The van der Waals surface area contributed by atoms with Gasteiger partial charge in [0.1, 0.15) is 17.5 Å². The van der Waals surface area contributed by atoms with E-state index in [0.717, 1.165) is 11.1 Å². The van der Waals surface area contributed by atoms with Crippen molar-refractivity contribution in [3.8, 4) is 5.75 Å². The van der Waals surface area contributed by atoms with Gasteiger partial charge in [-0.2, -0.15) is 15.3 Å². The zero-order valence-corrected chi connectivity index (χ0v) is 16.6. The van der Waals surface area contributed by atoms with Gasteiger partial charge >= 0.3 is 0 Å². The molecule has 1 atom stereocenters. The molecule has 0 heterocycles. The second-order valence-corrected chi connectivity index (χ2v) is 6.26. The Kier molecular flexibility index (Phi) is 7.96. The van der Waals surface area contributed by atoms with Crippen molar-refractivity contribution in [2.75, 3.05) is 14.1 Å². The van der Waals surface area contributed by atoms with Crippen LogP contribution >= 0.6 is 0 Å². The Morgan fingerprint density at radius 1 is 1.07 bits per heavy atom. The van der Waals surface area contributed by atoms with Gasteiger partial charge in [0.15, 0.2) is 0 Å². The average Bonchev–Trinajstić information content (AvgIpc) is 2.71. The van der Waals surface area contributed by atoms with E-state index in [0.29, 0.717) is 12.2 Å². The molecule has 9 nitrogen and oxygen atoms in total. The van der Waals surface area contributed by atoms with E-state index in [1.54, 1.807) is 31.3 Å². The number of hydrogen-bond acceptors (Lipinski definition) is 7. The summed E-state index contributed by atoms with van der Waals surface area (Å²) < 4.78 is 0. The number of amides is 2. The molecule has 0 radical (unpaired) electrons. The van der Waals surface area contributed by atoms with Gasteiger partial charge in [0.25, 0.3) is 0 Å². The quantitative estimate of drug-likeness (QED) is 0.593. The van der Waals surface area contributed by atoms with Crippen molar-refractivity contribution in [3.63, 3.8) is 0 Å². The lowest BCUT2D eigenvalue weighted by atomic mass is 10.0. The van der Waals surface area contributed by atoms with Crippen molar-refractivity contribution in [3.05, 3.63) is 53.6 Å². The van der Waals surface area contributed by atoms with Crippen molar-refractivity contribution in [1.82, 2.24) is 10.6 Å². The summed E-state index contributed by atoms with van der Waals surface area (Å²) >= 11 is 0. The molecule has 2 rings (SSSR count). The van der Waals surface area contributed by atoms with Crippen LogP contribution in [0.5, 0.6) is 5.75 Å². The molecule has 2 amide bonds. The van der Waals surface area contributed by atoms with E-state index in [4.69, 9.17) is 0 Å². The number of nitrogens with one attached hydrogen (secondary N) is 2. The Labute approximate surface area is 169 Å². The summed E-state index contributed by atoms with van der Waals surface area (Å²) in [5, 5.41) is 31.1. The predicted molar refractivity (Wildman–Crippen MR) is 109 cm³/mol. The maximum Gasteiger partial charge on any atom is 0.242 e. The van der Waals surface area contributed by atoms with E-state index in [-0.39, 0.29) is 29.7 Å². The number of carbonyl (C=O) groups is 2. The van der Waals surface area contributed by atoms with Gasteiger partial charge in [0, 0.05) is 27.4 Å². The highest BCUT2D eigenvalue weighted by atomic mass is 16.3. The molecule has 0 aromatic heterocycles. The summed E-state index contributed by atoms with van der Waals surface area (Å²) in [4.78, 5) is 23.3. The third kappa shape index (κ3) is 6.80. The molecule has 0 saturated heterocycles. The molecule has 0 saturated carbocycles. The molecule has 9 heteroatoms. The molecule has 2 aromatic carbocycles. The number of likely N-dealkylation sites (N-methyl/N-ethyl adjacent to an activating group) is 1. The lowest BCUT2D eigenvalue weighted by Crippen LogP contribution is -2.46. The third-order valence-corrected chi connectivity index (χ3v) is 4.02. The minimum Gasteiger partial charge on any atom is -0.506 e. The fraction of sp³-hybridized carbons (Fsp3) is 0.300. The minimum absolute atomic E-state index is 0.0338. The SMILES string of the molecule is CN=NCc1ccc(N=Nc2cc(CC(NC(C)=O)C(=O)NC)ccc2O)cc1. The highest BCUT2D eigenvalue weighted by Crippen LogP contribution is 2.29. The fourth-order valence-electron chi connectivity index (χ4n) is 2.57. The Hall–Kier alpha value is -3.62. The van der Waals surface area contributed by atoms with Crippen molar-refractivity contribution < 1.29 is 14.7 Å². The number of nitrogens with zero attached hydrogens (tertiary/aromatic N) is 4. The number of rotatable bonds is 8. The number of benzene rings is 2. The second-order valence-electron chi connectivity index (χ2n) is 6.26. The van der Waals surface area contributed by atoms with Gasteiger partial charge in [-0.05, 0) is 35.4 Å². The lowest BCUT2D eigenvalue weighted by molar-refractivity contribution is -0.127. The maximum atomic E-state index is 12.0. The van der Waals surface area contributed by atoms with Crippen LogP contribution in [0, 0.1) is 0 Å². The normalized spacial score (nSPS) is 12.2. The van der Waals surface area contributed by atoms with Crippen LogP contribution in [0.25, 0.3) is 0 Å². The monoisotopic (exact) mass is 396 g/mol. The Bertz CT molecular complexity index is 909. The van der Waals surface area contributed by atoms with Gasteiger partial charge in [0.05, 0.1) is 12.2 Å². The van der Waals surface area contributed by atoms with Gasteiger partial charge in [-0.3, -0.25) is 9.59 Å². The van der Waals surface area contributed by atoms with E-state index >= 15 is 0 Å². The highest BCUT2D eigenvalue weighted by Gasteiger charge is 2.19. The number of azo groups is 2. The first kappa shape index (κ1) is 21.7. The number of hydrogen-bond donors (Lipinski definition) is 3. The van der Waals surface area contributed by atoms with E-state index in [1.807, 2.05) is 12.1 Å². The van der Waals surface area contributed by atoms with Crippen LogP contribution in [-0.4, -0.2) is 37.1 Å². The van der Waals surface area contributed by atoms with Crippen LogP contribution < -0.4 is 10.6 Å². The van der Waals surface area contributed by atoms with E-state index in [2.05, 4.69) is 31.1 Å². The minimum atomic E-state index is -0.723. The molecule has 3 N–H and O–H groups in total. The summed E-state index contributed by atoms with van der Waals surface area (Å²) in [6, 6.07) is 11.4. The fourth-order valence-corrected chi connectivity index (χ4v) is 2.57. The zero-order valence-electron chi connectivity index (χ0n) is 16.6. The highest BCUT2D eigenvalue weighted by molar-refractivity contribution is 5.86. The molecular formula is C20H24N6O3. The van der Waals surface area contributed by atoms with Crippen LogP contribution in [0.3, 0.4) is 0 Å². The van der Waals surface area contributed by atoms with Crippen LogP contribution in [0.1, 0.15) is 18.1 Å². The Balaban J connectivity index is 2.16. The van der Waals surface area contributed by atoms with Gasteiger partial charge < -0.3 is 15.7 Å². The molecular weight excluding hydrogens is 372 g/mol. The van der Waals surface area contributed by atoms with Crippen molar-refractivity contribution in [2.24, 2.45) is 20.5 Å². The van der Waals surface area contributed by atoms with Crippen molar-refractivity contribution in [1.29, 1.82) is 0 Å². The number of carbonyl (C=O) groups excluding carboxylic acids is 2. The first-order valence-corrected chi connectivity index (χ1v) is 8.99. The van der Waals surface area contributed by atoms with Gasteiger partial charge in [-0.25, -0.2) is 0 Å². The van der Waals surface area contributed by atoms with Gasteiger partial charge in [0.2, 0.25) is 11.8 Å². The third-order valence-electron chi connectivity index (χ3n) is 4.02. The lowest BCUT2D eigenvalue weighted by Gasteiger charge is -2.16. The smallest absolute Gasteiger partial charge is 0.242 e. The van der Waals surface area contributed by atoms with Crippen LogP contribution in [0.15, 0.2) is 62.9 Å². The summed E-state index contributed by atoms with van der Waals surface area (Å²) in [6.45, 7) is 1.85. The summed E-state index contributed by atoms with van der Waals surface area (Å²) in [5.74, 6) is -0.645. The largest absolute Gasteiger partial charge is 0.506 e. The van der Waals surface area contributed by atoms with Crippen LogP contribution in [0.2, 0.25) is 0 Å². The second kappa shape index (κ2) is 10.6. The van der Waals surface area contributed by atoms with Gasteiger partial charge in [-0.15, -0.1) is 5.11 Å². The molecule has 29 heavy (non-hydrogen) atoms. The van der Waals surface area contributed by atoms with Crippen molar-refractivity contribution in [2.45, 2.75) is 25.9 Å². The van der Waals surface area contributed by atoms with E-state index < -0.39 is 6.04 Å². The first-order chi connectivity index (χ1) is 13.9. The molecule has 0 aliphatic carbocycles. The first-order valence-electron chi connectivity index (χ1n) is 8.99. The molecule has 0 spiro atoms. The van der Waals surface area contributed by atoms with Gasteiger partial charge in [-0.1, -0.05) is 18.2 Å². The topological polar surface area (TPSA) is 128 Å². The summed E-state index contributed by atoms with van der Waals surface area (Å²) in [7, 11) is 3.13. The van der Waals surface area contributed by atoms with Crippen molar-refractivity contribution >= 4 is 23.2 Å². The zero-order chi connectivity index (χ0) is 21.2. The van der Waals surface area contributed by atoms with Crippen LogP contribution in [-0.2, 0) is 22.6 Å². The number of phenols is 1. The molecule has 0 bridgehead atoms. The molecule has 152 valence electrons. The summed E-state index contributed by atoms with van der Waals surface area (Å²) in [6.07, 6.45) is 0.253. The maximum absolute atomic E-state index is 12.0. The summed E-state index contributed by atoms with van der Waals surface area (Å²) in [5.41, 5.74) is 2.61. The molecule has 0 aliphatic heterocycles. The number of phenolic OH excluding ortho intramolecular Hbond substituents is 1. The average molecular weight is 396 g/mol. The molecule has 1 unspecified atom stereocenters. The van der Waals surface area contributed by atoms with Crippen LogP contribution in [0.4, 0.5) is 11.4 Å². The predicted octanol–water partition coefficient (Wildman–Crippen LogP) is 3.18.